The molecule has 1 heterocycles. The van der Waals surface area contributed by atoms with Crippen molar-refractivity contribution in [3.8, 4) is 0 Å². The number of nitrogens with zero attached hydrogens (tertiary/aromatic N) is 1. The molecule has 11 heavy (non-hydrogen) atoms. The van der Waals surface area contributed by atoms with Gasteiger partial charge in [-0.2, -0.15) is 0 Å². The summed E-state index contributed by atoms with van der Waals surface area (Å²) in [6.45, 7) is 4.66. The van der Waals surface area contributed by atoms with Crippen LogP contribution in [0.5, 0.6) is 0 Å². The van der Waals surface area contributed by atoms with Crippen molar-refractivity contribution in [2.24, 2.45) is 11.1 Å². The summed E-state index contributed by atoms with van der Waals surface area (Å²) in [6, 6.07) is 0. The highest BCUT2D eigenvalue weighted by Gasteiger charge is 2.33. The van der Waals surface area contributed by atoms with Crippen molar-refractivity contribution in [3.63, 3.8) is 0 Å². The molecule has 2 atom stereocenters. The van der Waals surface area contributed by atoms with Crippen molar-refractivity contribution in [1.29, 1.82) is 0 Å². The minimum Gasteiger partial charge on any atom is -0.330 e. The molecule has 0 saturated carbocycles. The van der Waals surface area contributed by atoms with Crippen molar-refractivity contribution in [1.82, 2.24) is 4.31 Å². The van der Waals surface area contributed by atoms with Gasteiger partial charge in [0.1, 0.15) is 0 Å². The first-order chi connectivity index (χ1) is 5.07. The van der Waals surface area contributed by atoms with Crippen LogP contribution in [0, 0.1) is 5.41 Å². The smallest absolute Gasteiger partial charge is 0.0910 e. The van der Waals surface area contributed by atoms with Gasteiger partial charge in [0, 0.05) is 19.3 Å². The van der Waals surface area contributed by atoms with Gasteiger partial charge in [0.25, 0.3) is 0 Å². The molecule has 0 radical (unpaired) electrons. The molecule has 2 N–H and O–H groups in total. The van der Waals surface area contributed by atoms with Gasteiger partial charge in [-0.1, -0.05) is 6.92 Å². The molecule has 1 rings (SSSR count). The van der Waals surface area contributed by atoms with Gasteiger partial charge in [-0.3, -0.25) is 0 Å². The van der Waals surface area contributed by atoms with Gasteiger partial charge in [-0.05, 0) is 18.4 Å². The number of nitrogens with two attached hydrogens (primary N) is 1. The molecule has 2 unspecified atom stereocenters. The van der Waals surface area contributed by atoms with Crippen molar-refractivity contribution in [3.05, 3.63) is 0 Å². The predicted molar refractivity (Wildman–Crippen MR) is 47.4 cm³/mol. The molecule has 3 nitrogen and oxygen atoms in total. The normalized spacial score (nSPS) is 35.9. The molecule has 1 aliphatic heterocycles. The van der Waals surface area contributed by atoms with E-state index >= 15 is 0 Å². The standard InChI is InChI=1S/C7H16N2OS/c1-7(5-8)3-4-9(6-7)11(2)10/h3-6,8H2,1-2H3. The van der Waals surface area contributed by atoms with Crippen molar-refractivity contribution >= 4 is 11.0 Å². The van der Waals surface area contributed by atoms with E-state index in [0.717, 1.165) is 19.5 Å². The van der Waals surface area contributed by atoms with Crippen LogP contribution >= 0.6 is 0 Å². The second-order valence-corrected chi connectivity index (χ2v) is 4.92. The zero-order valence-corrected chi connectivity index (χ0v) is 7.99. The summed E-state index contributed by atoms with van der Waals surface area (Å²) < 4.78 is 13.0. The van der Waals surface area contributed by atoms with Gasteiger partial charge in [0.15, 0.2) is 0 Å². The Morgan fingerprint density at radius 1 is 1.73 bits per heavy atom. The molecule has 1 fully saturated rings. The Hall–Kier alpha value is 0.0700. The molecular weight excluding hydrogens is 160 g/mol. The first-order valence-corrected chi connectivity index (χ1v) is 5.37. The van der Waals surface area contributed by atoms with Crippen molar-refractivity contribution in [2.75, 3.05) is 25.9 Å². The Morgan fingerprint density at radius 2 is 2.36 bits per heavy atom. The molecule has 0 spiro atoms. The van der Waals surface area contributed by atoms with Gasteiger partial charge in [0.05, 0.1) is 11.0 Å². The summed E-state index contributed by atoms with van der Waals surface area (Å²) in [4.78, 5) is 0. The summed E-state index contributed by atoms with van der Waals surface area (Å²) in [6.07, 6.45) is 2.80. The highest BCUT2D eigenvalue weighted by Crippen LogP contribution is 2.28. The van der Waals surface area contributed by atoms with Crippen LogP contribution in [0.4, 0.5) is 0 Å². The van der Waals surface area contributed by atoms with Crippen LogP contribution in [0.25, 0.3) is 0 Å². The molecule has 0 aromatic rings. The zero-order chi connectivity index (χ0) is 8.48. The lowest BCUT2D eigenvalue weighted by molar-refractivity contribution is 0.356. The van der Waals surface area contributed by atoms with Gasteiger partial charge in [0.2, 0.25) is 0 Å². The monoisotopic (exact) mass is 176 g/mol. The highest BCUT2D eigenvalue weighted by molar-refractivity contribution is 7.81. The summed E-state index contributed by atoms with van der Waals surface area (Å²) in [5.41, 5.74) is 5.80. The minimum atomic E-state index is -0.811. The summed E-state index contributed by atoms with van der Waals surface area (Å²) in [7, 11) is -0.811. The summed E-state index contributed by atoms with van der Waals surface area (Å²) in [5, 5.41) is 0. The molecule has 66 valence electrons. The topological polar surface area (TPSA) is 46.3 Å². The fraction of sp³-hybridized carbons (Fsp3) is 1.00. The molecule has 1 saturated heterocycles. The Labute approximate surface area is 70.5 Å². The SMILES string of the molecule is CS(=O)N1CCC(C)(CN)C1. The molecule has 4 heteroatoms. The lowest BCUT2D eigenvalue weighted by Crippen LogP contribution is -2.31. The number of hydrogen-bond donors (Lipinski definition) is 1. The third-order valence-electron chi connectivity index (χ3n) is 2.38. The molecule has 1 aliphatic rings. The lowest BCUT2D eigenvalue weighted by Gasteiger charge is -2.20. The Balaban J connectivity index is 2.53. The molecule has 0 amide bonds. The summed E-state index contributed by atoms with van der Waals surface area (Å²) >= 11 is 0. The maximum absolute atomic E-state index is 11.0. The lowest BCUT2D eigenvalue weighted by atomic mass is 9.90. The quantitative estimate of drug-likeness (QED) is 0.641. The third-order valence-corrected chi connectivity index (χ3v) is 3.42. The van der Waals surface area contributed by atoms with Crippen molar-refractivity contribution < 1.29 is 4.21 Å². The zero-order valence-electron chi connectivity index (χ0n) is 7.17. The molecule has 0 aromatic heterocycles. The van der Waals surface area contributed by atoms with Gasteiger partial charge >= 0.3 is 0 Å². The van der Waals surface area contributed by atoms with E-state index in [-0.39, 0.29) is 5.41 Å². The first kappa shape index (κ1) is 9.16. The van der Waals surface area contributed by atoms with Gasteiger partial charge < -0.3 is 5.73 Å². The van der Waals surface area contributed by atoms with E-state index < -0.39 is 11.0 Å². The van der Waals surface area contributed by atoms with Crippen LogP contribution in [0.3, 0.4) is 0 Å². The molecule has 0 aliphatic carbocycles. The second kappa shape index (κ2) is 3.21. The largest absolute Gasteiger partial charge is 0.330 e. The van der Waals surface area contributed by atoms with E-state index in [1.54, 1.807) is 6.26 Å². The van der Waals surface area contributed by atoms with Crippen LogP contribution in [-0.4, -0.2) is 34.4 Å². The Morgan fingerprint density at radius 3 is 2.64 bits per heavy atom. The van der Waals surface area contributed by atoms with Crippen LogP contribution in [0.1, 0.15) is 13.3 Å². The molecule has 0 bridgehead atoms. The van der Waals surface area contributed by atoms with E-state index in [2.05, 4.69) is 6.92 Å². The van der Waals surface area contributed by atoms with E-state index in [1.165, 1.54) is 0 Å². The maximum atomic E-state index is 11.0. The fourth-order valence-corrected chi connectivity index (χ4v) is 2.21. The Kier molecular flexibility index (Phi) is 2.67. The summed E-state index contributed by atoms with van der Waals surface area (Å²) in [5.74, 6) is 0. The first-order valence-electron chi connectivity index (χ1n) is 3.86. The third kappa shape index (κ3) is 2.01. The fourth-order valence-electron chi connectivity index (χ4n) is 1.36. The van der Waals surface area contributed by atoms with E-state index in [0.29, 0.717) is 6.54 Å². The van der Waals surface area contributed by atoms with E-state index in [1.807, 2.05) is 4.31 Å². The Bertz CT molecular complexity index is 174. The molecular formula is C7H16N2OS. The van der Waals surface area contributed by atoms with E-state index in [4.69, 9.17) is 5.73 Å². The highest BCUT2D eigenvalue weighted by atomic mass is 32.2. The van der Waals surface area contributed by atoms with Crippen LogP contribution in [-0.2, 0) is 11.0 Å². The maximum Gasteiger partial charge on any atom is 0.0910 e. The predicted octanol–water partition coefficient (Wildman–Crippen LogP) is -0.0494. The second-order valence-electron chi connectivity index (χ2n) is 3.55. The number of hydrogen-bond acceptors (Lipinski definition) is 2. The van der Waals surface area contributed by atoms with Crippen molar-refractivity contribution in [2.45, 2.75) is 13.3 Å². The van der Waals surface area contributed by atoms with E-state index in [9.17, 15) is 4.21 Å². The van der Waals surface area contributed by atoms with Gasteiger partial charge in [-0.25, -0.2) is 8.51 Å². The minimum absolute atomic E-state index is 0.200. The van der Waals surface area contributed by atoms with Gasteiger partial charge in [-0.15, -0.1) is 0 Å². The molecule has 0 aromatic carbocycles. The van der Waals surface area contributed by atoms with Crippen LogP contribution in [0.15, 0.2) is 0 Å². The van der Waals surface area contributed by atoms with Crippen LogP contribution < -0.4 is 5.73 Å². The number of rotatable bonds is 2. The average molecular weight is 176 g/mol. The average Bonchev–Trinajstić information content (AvgIpc) is 2.33. The van der Waals surface area contributed by atoms with Crippen LogP contribution in [0.2, 0.25) is 0 Å².